The van der Waals surface area contributed by atoms with Gasteiger partial charge in [0.25, 0.3) is 5.91 Å². The topological polar surface area (TPSA) is 95.4 Å². The molecule has 3 rings (SSSR count). The molecule has 0 spiro atoms. The molecule has 1 aliphatic rings. The summed E-state index contributed by atoms with van der Waals surface area (Å²) >= 11 is 5.90. The van der Waals surface area contributed by atoms with Crippen LogP contribution >= 0.6 is 11.6 Å². The first-order valence-corrected chi connectivity index (χ1v) is 9.16. The second-order valence-electron chi connectivity index (χ2n) is 6.52. The molecule has 8 heteroatoms. The molecule has 1 aromatic carbocycles. The number of likely N-dealkylation sites (tertiary alicyclic amines) is 1. The fourth-order valence-electron chi connectivity index (χ4n) is 3.12. The molecule has 1 saturated heterocycles. The van der Waals surface area contributed by atoms with Crippen molar-refractivity contribution in [3.8, 4) is 0 Å². The lowest BCUT2D eigenvalue weighted by Crippen LogP contribution is -2.45. The lowest BCUT2D eigenvalue weighted by atomic mass is 9.84. The Kier molecular flexibility index (Phi) is 6.03. The van der Waals surface area contributed by atoms with Gasteiger partial charge in [-0.15, -0.1) is 0 Å². The summed E-state index contributed by atoms with van der Waals surface area (Å²) in [5.74, 6) is -0.403. The van der Waals surface area contributed by atoms with Crippen LogP contribution in [0.5, 0.6) is 0 Å². The van der Waals surface area contributed by atoms with Crippen molar-refractivity contribution in [3.05, 3.63) is 59.1 Å². The van der Waals surface area contributed by atoms with Gasteiger partial charge in [0.15, 0.2) is 0 Å². The molecule has 0 saturated carbocycles. The molecule has 1 fully saturated rings. The Balaban J connectivity index is 1.46. The number of carbonyl (C=O) groups excluding carboxylic acids is 2. The number of hydrogen-bond donors (Lipinski definition) is 2. The fourth-order valence-corrected chi connectivity index (χ4v) is 3.25. The Hall–Kier alpha value is -2.51. The second-order valence-corrected chi connectivity index (χ2v) is 6.95. The van der Waals surface area contributed by atoms with Crippen LogP contribution in [-0.2, 0) is 10.4 Å². The SMILES string of the molecule is O=C(NCCC(=O)N1CCC(O)(c2ccc(Cl)cc2)CC1)c1cnccn1. The number of benzene rings is 1. The minimum absolute atomic E-state index is 0.0485. The van der Waals surface area contributed by atoms with E-state index >= 15 is 0 Å². The zero-order valence-corrected chi connectivity index (χ0v) is 15.5. The largest absolute Gasteiger partial charge is 0.385 e. The number of piperidine rings is 1. The highest BCUT2D eigenvalue weighted by Crippen LogP contribution is 2.33. The molecular weight excluding hydrogens is 368 g/mol. The number of nitrogens with zero attached hydrogens (tertiary/aromatic N) is 3. The highest BCUT2D eigenvalue weighted by molar-refractivity contribution is 6.30. The van der Waals surface area contributed by atoms with Gasteiger partial charge in [0.05, 0.1) is 11.8 Å². The van der Waals surface area contributed by atoms with Crippen LogP contribution in [0.1, 0.15) is 35.3 Å². The Morgan fingerprint density at radius 3 is 2.52 bits per heavy atom. The first-order chi connectivity index (χ1) is 13.0. The minimum atomic E-state index is -0.943. The van der Waals surface area contributed by atoms with E-state index in [0.717, 1.165) is 5.56 Å². The smallest absolute Gasteiger partial charge is 0.271 e. The van der Waals surface area contributed by atoms with Gasteiger partial charge in [-0.05, 0) is 30.5 Å². The zero-order chi connectivity index (χ0) is 19.3. The molecule has 0 atom stereocenters. The van der Waals surface area contributed by atoms with Crippen LogP contribution in [0, 0.1) is 0 Å². The van der Waals surface area contributed by atoms with Gasteiger partial charge in [0.2, 0.25) is 5.91 Å². The Morgan fingerprint density at radius 1 is 1.19 bits per heavy atom. The molecule has 0 unspecified atom stereocenters. The summed E-state index contributed by atoms with van der Waals surface area (Å²) in [4.78, 5) is 33.7. The molecule has 27 heavy (non-hydrogen) atoms. The van der Waals surface area contributed by atoms with Gasteiger partial charge in [-0.2, -0.15) is 0 Å². The number of hydrogen-bond acceptors (Lipinski definition) is 5. The molecule has 142 valence electrons. The second kappa shape index (κ2) is 8.45. The van der Waals surface area contributed by atoms with Crippen molar-refractivity contribution < 1.29 is 14.7 Å². The molecule has 0 aliphatic carbocycles. The van der Waals surface area contributed by atoms with Crippen LogP contribution in [-0.4, -0.2) is 51.4 Å². The van der Waals surface area contributed by atoms with Gasteiger partial charge in [0, 0.05) is 43.5 Å². The van der Waals surface area contributed by atoms with Crippen molar-refractivity contribution in [2.45, 2.75) is 24.9 Å². The summed E-state index contributed by atoms with van der Waals surface area (Å²) in [6.07, 6.45) is 5.43. The zero-order valence-electron chi connectivity index (χ0n) is 14.8. The molecule has 1 aromatic heterocycles. The predicted octanol–water partition coefficient (Wildman–Crippen LogP) is 1.76. The predicted molar refractivity (Wildman–Crippen MR) is 100 cm³/mol. The third kappa shape index (κ3) is 4.81. The number of nitrogens with one attached hydrogen (secondary N) is 1. The average Bonchev–Trinajstić information content (AvgIpc) is 2.69. The van der Waals surface area contributed by atoms with E-state index in [-0.39, 0.29) is 30.5 Å². The lowest BCUT2D eigenvalue weighted by Gasteiger charge is -2.38. The van der Waals surface area contributed by atoms with Crippen LogP contribution in [0.3, 0.4) is 0 Å². The first-order valence-electron chi connectivity index (χ1n) is 8.78. The Morgan fingerprint density at radius 2 is 1.89 bits per heavy atom. The van der Waals surface area contributed by atoms with E-state index in [1.54, 1.807) is 17.0 Å². The Bertz CT molecular complexity index is 790. The first kappa shape index (κ1) is 19.3. The molecule has 0 radical (unpaired) electrons. The molecule has 2 aromatic rings. The summed E-state index contributed by atoms with van der Waals surface area (Å²) in [6, 6.07) is 7.15. The maximum Gasteiger partial charge on any atom is 0.271 e. The van der Waals surface area contributed by atoms with Crippen LogP contribution in [0.2, 0.25) is 5.02 Å². The molecule has 2 N–H and O–H groups in total. The number of amides is 2. The average molecular weight is 389 g/mol. The van der Waals surface area contributed by atoms with Crippen LogP contribution < -0.4 is 5.32 Å². The van der Waals surface area contributed by atoms with Crippen LogP contribution in [0.15, 0.2) is 42.9 Å². The molecular formula is C19H21ClN4O3. The third-order valence-electron chi connectivity index (χ3n) is 4.75. The molecule has 0 bridgehead atoms. The lowest BCUT2D eigenvalue weighted by molar-refractivity contribution is -0.135. The van der Waals surface area contributed by atoms with Gasteiger partial charge >= 0.3 is 0 Å². The number of aromatic nitrogens is 2. The number of carbonyl (C=O) groups is 2. The van der Waals surface area contributed by atoms with Gasteiger partial charge in [-0.3, -0.25) is 14.6 Å². The summed E-state index contributed by atoms with van der Waals surface area (Å²) in [7, 11) is 0. The molecule has 2 heterocycles. The van der Waals surface area contributed by atoms with Crippen molar-refractivity contribution in [2.24, 2.45) is 0 Å². The summed E-state index contributed by atoms with van der Waals surface area (Å²) < 4.78 is 0. The molecule has 1 aliphatic heterocycles. The highest BCUT2D eigenvalue weighted by atomic mass is 35.5. The van der Waals surface area contributed by atoms with E-state index in [0.29, 0.717) is 31.0 Å². The maximum atomic E-state index is 12.4. The third-order valence-corrected chi connectivity index (χ3v) is 5.00. The highest BCUT2D eigenvalue weighted by Gasteiger charge is 2.35. The van der Waals surface area contributed by atoms with E-state index in [4.69, 9.17) is 11.6 Å². The van der Waals surface area contributed by atoms with Crippen molar-refractivity contribution in [3.63, 3.8) is 0 Å². The fraction of sp³-hybridized carbons (Fsp3) is 0.368. The van der Waals surface area contributed by atoms with Crippen molar-refractivity contribution in [1.82, 2.24) is 20.2 Å². The van der Waals surface area contributed by atoms with Gasteiger partial charge in [-0.25, -0.2) is 4.98 Å². The van der Waals surface area contributed by atoms with Crippen LogP contribution in [0.25, 0.3) is 0 Å². The van der Waals surface area contributed by atoms with Gasteiger partial charge in [0.1, 0.15) is 5.69 Å². The van der Waals surface area contributed by atoms with Crippen molar-refractivity contribution in [1.29, 1.82) is 0 Å². The van der Waals surface area contributed by atoms with Crippen molar-refractivity contribution in [2.75, 3.05) is 19.6 Å². The maximum absolute atomic E-state index is 12.4. The number of aliphatic hydroxyl groups is 1. The van der Waals surface area contributed by atoms with Gasteiger partial charge in [-0.1, -0.05) is 23.7 Å². The van der Waals surface area contributed by atoms with E-state index < -0.39 is 5.60 Å². The Labute approximate surface area is 162 Å². The monoisotopic (exact) mass is 388 g/mol. The van der Waals surface area contributed by atoms with E-state index in [1.807, 2.05) is 12.1 Å². The van der Waals surface area contributed by atoms with Crippen LogP contribution in [0.4, 0.5) is 0 Å². The normalized spacial score (nSPS) is 16.0. The van der Waals surface area contributed by atoms with E-state index in [2.05, 4.69) is 15.3 Å². The minimum Gasteiger partial charge on any atom is -0.385 e. The number of rotatable bonds is 5. The summed E-state index contributed by atoms with van der Waals surface area (Å²) in [6.45, 7) is 1.17. The van der Waals surface area contributed by atoms with Crippen molar-refractivity contribution >= 4 is 23.4 Å². The molecule has 2 amide bonds. The van der Waals surface area contributed by atoms with E-state index in [9.17, 15) is 14.7 Å². The van der Waals surface area contributed by atoms with E-state index in [1.165, 1.54) is 18.6 Å². The summed E-state index contributed by atoms with van der Waals surface area (Å²) in [5.41, 5.74) is 0.0906. The standard InChI is InChI=1S/C19H21ClN4O3/c20-15-3-1-14(2-4-15)19(27)6-11-24(12-7-19)17(25)5-8-23-18(26)16-13-21-9-10-22-16/h1-4,9-10,13,27H,5-8,11-12H2,(H,23,26). The van der Waals surface area contributed by atoms with Gasteiger partial charge < -0.3 is 15.3 Å². The molecule has 7 nitrogen and oxygen atoms in total. The summed E-state index contributed by atoms with van der Waals surface area (Å²) in [5, 5.41) is 14.1. The quantitative estimate of drug-likeness (QED) is 0.813. The number of halogens is 1.